The lowest BCUT2D eigenvalue weighted by Crippen LogP contribution is -2.46. The van der Waals surface area contributed by atoms with Gasteiger partial charge in [0.2, 0.25) is 11.8 Å². The van der Waals surface area contributed by atoms with Gasteiger partial charge in [-0.25, -0.2) is 4.90 Å². The van der Waals surface area contributed by atoms with E-state index in [1.165, 1.54) is 18.2 Å². The molecule has 3 heterocycles. The predicted octanol–water partition coefficient (Wildman–Crippen LogP) is 2.74. The van der Waals surface area contributed by atoms with Gasteiger partial charge in [0.25, 0.3) is 5.69 Å². The number of carbonyl (C=O) groups excluding carboxylic acids is 3. The number of ketones is 1. The number of hydrogen-bond donors (Lipinski definition) is 0. The van der Waals surface area contributed by atoms with Gasteiger partial charge in [-0.15, -0.1) is 0 Å². The molecule has 8 nitrogen and oxygen atoms in total. The van der Waals surface area contributed by atoms with E-state index in [9.17, 15) is 24.5 Å². The van der Waals surface area contributed by atoms with Crippen LogP contribution in [0.15, 0.2) is 48.5 Å². The van der Waals surface area contributed by atoms with Gasteiger partial charge in [0.05, 0.1) is 28.5 Å². The Labute approximate surface area is 178 Å². The third kappa shape index (κ3) is 2.82. The fourth-order valence-electron chi connectivity index (χ4n) is 5.48. The molecule has 0 saturated carbocycles. The smallest absolute Gasteiger partial charge is 0.271 e. The van der Waals surface area contributed by atoms with Gasteiger partial charge < -0.3 is 0 Å². The molecule has 3 aliphatic heterocycles. The molecule has 5 rings (SSSR count). The Morgan fingerprint density at radius 3 is 2.48 bits per heavy atom. The average Bonchev–Trinajstić information content (AvgIpc) is 3.41. The van der Waals surface area contributed by atoms with Crippen molar-refractivity contribution in [3.63, 3.8) is 0 Å². The molecular weight excluding hydrogens is 398 g/mol. The van der Waals surface area contributed by atoms with Gasteiger partial charge in [-0.3, -0.25) is 29.4 Å². The lowest BCUT2D eigenvalue weighted by Gasteiger charge is -2.28. The van der Waals surface area contributed by atoms with Crippen LogP contribution in [-0.4, -0.2) is 46.0 Å². The van der Waals surface area contributed by atoms with E-state index in [1.807, 2.05) is 11.0 Å². The van der Waals surface area contributed by atoms with E-state index in [-0.39, 0.29) is 29.1 Å². The fraction of sp³-hybridized carbons (Fsp3) is 0.348. The van der Waals surface area contributed by atoms with E-state index in [0.717, 1.165) is 17.7 Å². The van der Waals surface area contributed by atoms with Crippen LogP contribution in [0, 0.1) is 28.9 Å². The minimum Gasteiger partial charge on any atom is -0.292 e. The first-order valence-electron chi connectivity index (χ1n) is 10.4. The number of imide groups is 1. The number of benzene rings is 2. The first-order valence-corrected chi connectivity index (χ1v) is 10.4. The van der Waals surface area contributed by atoms with Crippen molar-refractivity contribution in [1.82, 2.24) is 4.90 Å². The van der Waals surface area contributed by atoms with E-state index in [2.05, 4.69) is 0 Å². The number of Topliss-reactive ketones (excluding diaryl/α,β-unsaturated/α-hetero) is 1. The Bertz CT molecular complexity index is 1120. The van der Waals surface area contributed by atoms with Crippen molar-refractivity contribution in [3.05, 3.63) is 69.8 Å². The number of nitrogens with zero attached hydrogens (tertiary/aromatic N) is 3. The van der Waals surface area contributed by atoms with Crippen LogP contribution in [0.4, 0.5) is 11.4 Å². The third-order valence-electron chi connectivity index (χ3n) is 6.82. The van der Waals surface area contributed by atoms with Crippen LogP contribution in [0.25, 0.3) is 0 Å². The number of amides is 2. The quantitative estimate of drug-likeness (QED) is 0.327. The highest BCUT2D eigenvalue weighted by Gasteiger charge is 2.64. The molecule has 0 aliphatic carbocycles. The van der Waals surface area contributed by atoms with Crippen molar-refractivity contribution in [2.45, 2.75) is 31.8 Å². The summed E-state index contributed by atoms with van der Waals surface area (Å²) in [6.07, 6.45) is 1.62. The van der Waals surface area contributed by atoms with Gasteiger partial charge in [-0.1, -0.05) is 36.4 Å². The van der Waals surface area contributed by atoms with Crippen LogP contribution in [0.2, 0.25) is 0 Å². The van der Waals surface area contributed by atoms with Gasteiger partial charge in [0.1, 0.15) is 0 Å². The van der Waals surface area contributed by atoms with Gasteiger partial charge >= 0.3 is 0 Å². The molecule has 3 fully saturated rings. The SMILES string of the molecule is Cc1ccc([N+](=O)[O-])cc1N1C(=O)[C@@H]2[C@H](C1=O)[C@@H]1CCCN1[C@@H]2C(=O)c1ccccc1. The number of anilines is 1. The van der Waals surface area contributed by atoms with E-state index in [0.29, 0.717) is 17.7 Å². The molecule has 3 saturated heterocycles. The number of rotatable bonds is 4. The fourth-order valence-corrected chi connectivity index (χ4v) is 5.48. The van der Waals surface area contributed by atoms with Crippen LogP contribution in [0.1, 0.15) is 28.8 Å². The molecule has 8 heteroatoms. The van der Waals surface area contributed by atoms with E-state index in [4.69, 9.17) is 0 Å². The molecule has 4 atom stereocenters. The number of hydrogen-bond acceptors (Lipinski definition) is 6. The standard InChI is InChI=1S/C23H21N3O5/c1-13-9-10-15(26(30)31)12-17(13)25-22(28)18-16-8-5-11-24(16)20(19(18)23(25)29)21(27)14-6-3-2-4-7-14/h2-4,6-7,9-10,12,16,18-20H,5,8,11H2,1H3/t16-,18+,19+,20-/m0/s1. The first-order chi connectivity index (χ1) is 14.9. The Morgan fingerprint density at radius 1 is 1.06 bits per heavy atom. The maximum atomic E-state index is 13.6. The second-order valence-corrected chi connectivity index (χ2v) is 8.41. The molecule has 2 aromatic rings. The molecule has 0 spiro atoms. The lowest BCUT2D eigenvalue weighted by atomic mass is 9.85. The summed E-state index contributed by atoms with van der Waals surface area (Å²) in [5.74, 6) is -2.34. The highest BCUT2D eigenvalue weighted by Crippen LogP contribution is 2.49. The Balaban J connectivity index is 1.58. The second-order valence-electron chi connectivity index (χ2n) is 8.41. The Morgan fingerprint density at radius 2 is 1.77 bits per heavy atom. The average molecular weight is 419 g/mol. The maximum absolute atomic E-state index is 13.6. The van der Waals surface area contributed by atoms with Gasteiger partial charge in [0.15, 0.2) is 5.78 Å². The summed E-state index contributed by atoms with van der Waals surface area (Å²) < 4.78 is 0. The summed E-state index contributed by atoms with van der Waals surface area (Å²) in [6.45, 7) is 2.39. The van der Waals surface area contributed by atoms with E-state index >= 15 is 0 Å². The minimum atomic E-state index is -0.774. The molecule has 0 radical (unpaired) electrons. The zero-order valence-corrected chi connectivity index (χ0v) is 16.9. The van der Waals surface area contributed by atoms with Crippen LogP contribution in [-0.2, 0) is 9.59 Å². The summed E-state index contributed by atoms with van der Waals surface area (Å²) in [5.41, 5.74) is 1.16. The summed E-state index contributed by atoms with van der Waals surface area (Å²) in [7, 11) is 0. The first kappa shape index (κ1) is 19.6. The van der Waals surface area contributed by atoms with E-state index in [1.54, 1.807) is 31.2 Å². The molecule has 2 amide bonds. The molecule has 0 N–H and O–H groups in total. The van der Waals surface area contributed by atoms with Crippen molar-refractivity contribution in [2.24, 2.45) is 11.8 Å². The van der Waals surface area contributed by atoms with Crippen molar-refractivity contribution in [1.29, 1.82) is 0 Å². The summed E-state index contributed by atoms with van der Waals surface area (Å²) in [4.78, 5) is 54.3. The Hall–Kier alpha value is -3.39. The summed E-state index contributed by atoms with van der Waals surface area (Å²) >= 11 is 0. The highest BCUT2D eigenvalue weighted by molar-refractivity contribution is 6.25. The number of fused-ring (bicyclic) bond motifs is 3. The van der Waals surface area contributed by atoms with Crippen LogP contribution in [0.3, 0.4) is 0 Å². The van der Waals surface area contributed by atoms with Gasteiger partial charge in [-0.2, -0.15) is 0 Å². The maximum Gasteiger partial charge on any atom is 0.271 e. The number of nitro groups is 1. The Kier molecular flexibility index (Phi) is 4.48. The molecular formula is C23H21N3O5. The summed E-state index contributed by atoms with van der Waals surface area (Å²) in [5, 5.41) is 11.3. The van der Waals surface area contributed by atoms with Crippen molar-refractivity contribution in [2.75, 3.05) is 11.4 Å². The van der Waals surface area contributed by atoms with E-state index < -0.39 is 28.7 Å². The van der Waals surface area contributed by atoms with Crippen molar-refractivity contribution in [3.8, 4) is 0 Å². The molecule has 0 aromatic heterocycles. The number of nitro benzene ring substituents is 1. The number of carbonyl (C=O) groups is 3. The monoisotopic (exact) mass is 419 g/mol. The van der Waals surface area contributed by atoms with Gasteiger partial charge in [0, 0.05) is 23.7 Å². The second kappa shape index (κ2) is 7.09. The number of aryl methyl sites for hydroxylation is 1. The molecule has 31 heavy (non-hydrogen) atoms. The van der Waals surface area contributed by atoms with Crippen molar-refractivity contribution < 1.29 is 19.3 Å². The van der Waals surface area contributed by atoms with Crippen LogP contribution in [0.5, 0.6) is 0 Å². The molecule has 0 unspecified atom stereocenters. The highest BCUT2D eigenvalue weighted by atomic mass is 16.6. The lowest BCUT2D eigenvalue weighted by molar-refractivity contribution is -0.384. The normalized spacial score (nSPS) is 27.5. The molecule has 0 bridgehead atoms. The zero-order valence-electron chi connectivity index (χ0n) is 16.9. The molecule has 3 aliphatic rings. The number of non-ortho nitro benzene ring substituents is 1. The van der Waals surface area contributed by atoms with Crippen molar-refractivity contribution >= 4 is 29.0 Å². The van der Waals surface area contributed by atoms with Crippen LogP contribution >= 0.6 is 0 Å². The summed E-state index contributed by atoms with van der Waals surface area (Å²) in [6, 6.07) is 12.1. The topological polar surface area (TPSA) is 101 Å². The minimum absolute atomic E-state index is 0.154. The van der Waals surface area contributed by atoms with Gasteiger partial charge in [-0.05, 0) is 31.9 Å². The predicted molar refractivity (Wildman–Crippen MR) is 112 cm³/mol. The third-order valence-corrected chi connectivity index (χ3v) is 6.82. The molecule has 158 valence electrons. The largest absolute Gasteiger partial charge is 0.292 e. The van der Waals surface area contributed by atoms with Crippen LogP contribution < -0.4 is 4.90 Å². The zero-order chi connectivity index (χ0) is 21.9. The molecule has 2 aromatic carbocycles.